The van der Waals surface area contributed by atoms with Gasteiger partial charge < -0.3 is 25.2 Å². The van der Waals surface area contributed by atoms with Crippen LogP contribution in [-0.2, 0) is 11.4 Å². The summed E-state index contributed by atoms with van der Waals surface area (Å²) in [6.45, 7) is 0.717. The second-order valence-electron chi connectivity index (χ2n) is 6.11. The Morgan fingerprint density at radius 2 is 2.08 bits per heavy atom. The molecule has 9 heteroatoms. The number of hydrogen-bond acceptors (Lipinski definition) is 6. The molecule has 1 aliphatic rings. The minimum absolute atomic E-state index is 0.151. The summed E-state index contributed by atoms with van der Waals surface area (Å²) in [4.78, 5) is 33.8. The molecule has 0 spiro atoms. The Hall–Kier alpha value is -2.49. The van der Waals surface area contributed by atoms with Crippen molar-refractivity contribution in [2.24, 2.45) is 0 Å². The van der Waals surface area contributed by atoms with Crippen LogP contribution in [0.5, 0.6) is 0 Å². The lowest BCUT2D eigenvalue weighted by molar-refractivity contribution is -0.138. The summed E-state index contributed by atoms with van der Waals surface area (Å²) < 4.78 is 0. The standard InChI is InChI=1S/C16H20N4O5/c21-9-14-17-12-2-1-10(5-13(12)18-14)16(25)20-4-3-19(8-15(23)24)6-11(22)7-20/h1-2,5,11,21-22H,3-4,6-9H2,(H,17,18)(H,23,24)/t11-/m0/s1. The van der Waals surface area contributed by atoms with Gasteiger partial charge in [0.1, 0.15) is 12.4 Å². The SMILES string of the molecule is O=C(O)CN1CCN(C(=O)c2ccc3nc(CO)[nH]c3c2)C[C@@H](O)C1. The lowest BCUT2D eigenvalue weighted by atomic mass is 10.1. The molecule has 0 saturated carbocycles. The van der Waals surface area contributed by atoms with E-state index in [1.807, 2.05) is 0 Å². The number of H-pyrrole nitrogens is 1. The topological polar surface area (TPSA) is 130 Å². The van der Waals surface area contributed by atoms with Gasteiger partial charge in [-0.15, -0.1) is 0 Å². The number of carbonyl (C=O) groups excluding carboxylic acids is 1. The minimum atomic E-state index is -0.962. The molecule has 9 nitrogen and oxygen atoms in total. The van der Waals surface area contributed by atoms with Crippen molar-refractivity contribution < 1.29 is 24.9 Å². The predicted molar refractivity (Wildman–Crippen MR) is 88.0 cm³/mol. The zero-order chi connectivity index (χ0) is 18.0. The van der Waals surface area contributed by atoms with Crippen LogP contribution in [0.4, 0.5) is 0 Å². The van der Waals surface area contributed by atoms with Gasteiger partial charge in [0.25, 0.3) is 5.91 Å². The number of β-amino-alcohol motifs (C(OH)–C–C–N with tert-alkyl or cyclic N) is 1. The number of carbonyl (C=O) groups is 2. The first kappa shape index (κ1) is 17.3. The number of aliphatic hydroxyl groups is 2. The quantitative estimate of drug-likeness (QED) is 0.572. The molecule has 1 amide bonds. The molecule has 4 N–H and O–H groups in total. The summed E-state index contributed by atoms with van der Waals surface area (Å²) in [5.41, 5.74) is 1.75. The van der Waals surface area contributed by atoms with Crippen LogP contribution in [0.15, 0.2) is 18.2 Å². The van der Waals surface area contributed by atoms with Crippen molar-refractivity contribution in [2.75, 3.05) is 32.7 Å². The number of nitrogens with one attached hydrogen (secondary N) is 1. The van der Waals surface area contributed by atoms with Crippen molar-refractivity contribution in [3.63, 3.8) is 0 Å². The fraction of sp³-hybridized carbons (Fsp3) is 0.438. The monoisotopic (exact) mass is 348 g/mol. The van der Waals surface area contributed by atoms with Gasteiger partial charge in [-0.25, -0.2) is 4.98 Å². The van der Waals surface area contributed by atoms with E-state index in [-0.39, 0.29) is 32.1 Å². The number of aromatic nitrogens is 2. The van der Waals surface area contributed by atoms with Crippen LogP contribution in [0.3, 0.4) is 0 Å². The highest BCUT2D eigenvalue weighted by Gasteiger charge is 2.26. The Kier molecular flexibility index (Phi) is 4.98. The van der Waals surface area contributed by atoms with E-state index in [1.54, 1.807) is 23.1 Å². The molecule has 134 valence electrons. The van der Waals surface area contributed by atoms with Gasteiger partial charge in [-0.1, -0.05) is 0 Å². The molecular weight excluding hydrogens is 328 g/mol. The van der Waals surface area contributed by atoms with Crippen LogP contribution < -0.4 is 0 Å². The van der Waals surface area contributed by atoms with Gasteiger partial charge in [-0.2, -0.15) is 0 Å². The molecule has 2 aromatic rings. The summed E-state index contributed by atoms with van der Waals surface area (Å²) in [5, 5.41) is 28.1. The predicted octanol–water partition coefficient (Wildman–Crippen LogP) is -0.741. The second kappa shape index (κ2) is 7.18. The average Bonchev–Trinajstić information content (AvgIpc) is 2.90. The molecule has 0 radical (unpaired) electrons. The summed E-state index contributed by atoms with van der Waals surface area (Å²) in [6, 6.07) is 5.01. The number of rotatable bonds is 4. The van der Waals surface area contributed by atoms with Crippen LogP contribution in [-0.4, -0.2) is 85.8 Å². The number of carboxylic acids is 1. The molecule has 2 heterocycles. The number of benzene rings is 1. The number of hydrogen-bond donors (Lipinski definition) is 4. The molecule has 0 unspecified atom stereocenters. The fourth-order valence-corrected chi connectivity index (χ4v) is 3.03. The lowest BCUT2D eigenvalue weighted by Gasteiger charge is -2.21. The smallest absolute Gasteiger partial charge is 0.317 e. The molecule has 0 aliphatic carbocycles. The van der Waals surface area contributed by atoms with Crippen LogP contribution in [0.2, 0.25) is 0 Å². The maximum absolute atomic E-state index is 12.7. The molecule has 1 atom stereocenters. The summed E-state index contributed by atoms with van der Waals surface area (Å²) in [6.07, 6.45) is -0.803. The highest BCUT2D eigenvalue weighted by molar-refractivity contribution is 5.97. The van der Waals surface area contributed by atoms with E-state index in [9.17, 15) is 14.7 Å². The first-order chi connectivity index (χ1) is 12.0. The minimum Gasteiger partial charge on any atom is -0.480 e. The molecule has 1 fully saturated rings. The molecule has 1 aromatic heterocycles. The van der Waals surface area contributed by atoms with E-state index in [4.69, 9.17) is 10.2 Å². The van der Waals surface area contributed by atoms with Crippen molar-refractivity contribution in [3.05, 3.63) is 29.6 Å². The van der Waals surface area contributed by atoms with E-state index < -0.39 is 12.1 Å². The zero-order valence-corrected chi connectivity index (χ0v) is 13.6. The highest BCUT2D eigenvalue weighted by atomic mass is 16.4. The Morgan fingerprint density at radius 3 is 2.80 bits per heavy atom. The van der Waals surface area contributed by atoms with Gasteiger partial charge in [-0.3, -0.25) is 14.5 Å². The van der Waals surface area contributed by atoms with Crippen molar-refractivity contribution in [3.8, 4) is 0 Å². The van der Waals surface area contributed by atoms with Gasteiger partial charge in [0, 0.05) is 31.7 Å². The number of carboxylic acid groups (broad SMARTS) is 1. The molecule has 1 aromatic carbocycles. The summed E-state index contributed by atoms with van der Waals surface area (Å²) in [7, 11) is 0. The molecule has 0 bridgehead atoms. The Labute approximate surface area is 143 Å². The van der Waals surface area contributed by atoms with Gasteiger partial charge >= 0.3 is 5.97 Å². The third kappa shape index (κ3) is 3.95. The maximum Gasteiger partial charge on any atom is 0.317 e. The maximum atomic E-state index is 12.7. The average molecular weight is 348 g/mol. The third-order valence-electron chi connectivity index (χ3n) is 4.16. The molecule has 1 aliphatic heterocycles. The number of nitrogens with zero attached hydrogens (tertiary/aromatic N) is 3. The largest absolute Gasteiger partial charge is 0.480 e. The van der Waals surface area contributed by atoms with Crippen molar-refractivity contribution in [2.45, 2.75) is 12.7 Å². The van der Waals surface area contributed by atoms with Crippen LogP contribution in [0.25, 0.3) is 11.0 Å². The van der Waals surface area contributed by atoms with Crippen LogP contribution >= 0.6 is 0 Å². The number of fused-ring (bicyclic) bond motifs is 1. The number of imidazole rings is 1. The zero-order valence-electron chi connectivity index (χ0n) is 13.6. The first-order valence-electron chi connectivity index (χ1n) is 7.97. The Balaban J connectivity index is 1.76. The lowest BCUT2D eigenvalue weighted by Crippen LogP contribution is -2.37. The molecule has 3 rings (SSSR count). The van der Waals surface area contributed by atoms with E-state index in [0.29, 0.717) is 35.5 Å². The Bertz CT molecular complexity index is 790. The van der Waals surface area contributed by atoms with E-state index in [0.717, 1.165) is 0 Å². The first-order valence-corrected chi connectivity index (χ1v) is 7.97. The summed E-state index contributed by atoms with van der Waals surface area (Å²) >= 11 is 0. The van der Waals surface area contributed by atoms with Crippen molar-refractivity contribution in [1.82, 2.24) is 19.8 Å². The third-order valence-corrected chi connectivity index (χ3v) is 4.16. The fourth-order valence-electron chi connectivity index (χ4n) is 3.03. The summed E-state index contributed by atoms with van der Waals surface area (Å²) in [5.74, 6) is -0.774. The van der Waals surface area contributed by atoms with Crippen LogP contribution in [0.1, 0.15) is 16.2 Å². The van der Waals surface area contributed by atoms with Gasteiger partial charge in [0.05, 0.1) is 23.7 Å². The van der Waals surface area contributed by atoms with Gasteiger partial charge in [-0.05, 0) is 18.2 Å². The Morgan fingerprint density at radius 1 is 1.28 bits per heavy atom. The number of aliphatic carboxylic acids is 1. The van der Waals surface area contributed by atoms with Crippen molar-refractivity contribution in [1.29, 1.82) is 0 Å². The van der Waals surface area contributed by atoms with E-state index >= 15 is 0 Å². The molecule has 25 heavy (non-hydrogen) atoms. The number of aromatic amines is 1. The normalized spacial score (nSPS) is 19.1. The van der Waals surface area contributed by atoms with Crippen molar-refractivity contribution >= 4 is 22.9 Å². The highest BCUT2D eigenvalue weighted by Crippen LogP contribution is 2.16. The molecular formula is C16H20N4O5. The number of aliphatic hydroxyl groups excluding tert-OH is 2. The molecule has 1 saturated heterocycles. The van der Waals surface area contributed by atoms with E-state index in [1.165, 1.54) is 4.90 Å². The van der Waals surface area contributed by atoms with Gasteiger partial charge in [0.2, 0.25) is 0 Å². The van der Waals surface area contributed by atoms with Gasteiger partial charge in [0.15, 0.2) is 0 Å². The van der Waals surface area contributed by atoms with E-state index in [2.05, 4.69) is 9.97 Å². The second-order valence-corrected chi connectivity index (χ2v) is 6.11. The van der Waals surface area contributed by atoms with Crippen LogP contribution in [0, 0.1) is 0 Å². The number of amides is 1.